The zero-order valence-corrected chi connectivity index (χ0v) is 37.8. The van der Waals surface area contributed by atoms with E-state index in [-0.39, 0.29) is 63.7 Å². The van der Waals surface area contributed by atoms with E-state index < -0.39 is 58.5 Å². The summed E-state index contributed by atoms with van der Waals surface area (Å²) in [5.41, 5.74) is 0.0980. The highest BCUT2D eigenvalue weighted by molar-refractivity contribution is 6.31. The molecule has 4 aliphatic heterocycles. The minimum Gasteiger partial charge on any atom is -0.478 e. The monoisotopic (exact) mass is 949 g/mol. The standard InChI is InChI=1S/C49H46Cl2FN7O8/c1-57-37-23-26(9-13-35(37)59(47(57)67)36-14-15-38(60)55-42(36)61)25-16-20-58(21-17-25)44(63)27-8-12-33(30(22-27)45(64)65)53-43(62)41-39(29-6-5-7-32(51)40(29)52)49(48(56-41)18-3-2-4-19-48)31-11-10-28(50)24-34(31)54-46(49)66/h5-13,22-25,36,39,41,56H,2-4,14-21H2,1H3,(H,53,62)(H,54,66)(H,64,65)(H,55,60,61)/t36?,39-,41+,49+/m0/s1. The molecule has 4 aromatic carbocycles. The smallest absolute Gasteiger partial charge is 0.337 e. The molecule has 1 aliphatic carbocycles. The lowest BCUT2D eigenvalue weighted by Gasteiger charge is -2.47. The Labute approximate surface area is 393 Å². The number of aromatic nitrogens is 2. The van der Waals surface area contributed by atoms with Crippen LogP contribution in [0, 0.1) is 5.82 Å². The SMILES string of the molecule is Cn1c(=O)n(C2CCC(=O)NC2=O)c2ccc(C3CCN(C(=O)c4ccc(NC(=O)[C@@H]5NC6(CCCCC6)[C@@]6(C(=O)Nc7cc(Cl)ccc76)[C@H]5c5cccc(Cl)c5F)c(C(=O)O)c4)CC3)cc21. The zero-order chi connectivity index (χ0) is 47.1. The summed E-state index contributed by atoms with van der Waals surface area (Å²) in [5.74, 6) is -5.65. The summed E-state index contributed by atoms with van der Waals surface area (Å²) >= 11 is 12.8. The van der Waals surface area contributed by atoms with Gasteiger partial charge in [0.25, 0.3) is 5.91 Å². The first kappa shape index (κ1) is 44.5. The summed E-state index contributed by atoms with van der Waals surface area (Å²) in [6.45, 7) is 0.722. The van der Waals surface area contributed by atoms with E-state index in [1.807, 2.05) is 18.2 Å². The number of likely N-dealkylation sites (tertiary alicyclic amines) is 1. The molecule has 5 amide bonds. The molecule has 1 unspecified atom stereocenters. The molecule has 5 aromatic rings. The molecule has 346 valence electrons. The molecule has 67 heavy (non-hydrogen) atoms. The molecule has 0 radical (unpaired) electrons. The number of carbonyl (C=O) groups is 6. The minimum absolute atomic E-state index is 0.0385. The lowest BCUT2D eigenvalue weighted by atomic mass is 9.55. The minimum atomic E-state index is -1.49. The highest BCUT2D eigenvalue weighted by atomic mass is 35.5. The molecule has 0 bridgehead atoms. The average molecular weight is 951 g/mol. The Morgan fingerprint density at radius 2 is 1.63 bits per heavy atom. The lowest BCUT2D eigenvalue weighted by molar-refractivity contribution is -0.135. The van der Waals surface area contributed by atoms with Gasteiger partial charge in [0.15, 0.2) is 0 Å². The van der Waals surface area contributed by atoms with Crippen LogP contribution in [0.1, 0.15) is 113 Å². The van der Waals surface area contributed by atoms with Crippen molar-refractivity contribution in [1.29, 1.82) is 0 Å². The highest BCUT2D eigenvalue weighted by Gasteiger charge is 2.72. The first-order chi connectivity index (χ1) is 32.1. The van der Waals surface area contributed by atoms with Gasteiger partial charge in [-0.25, -0.2) is 14.0 Å². The van der Waals surface area contributed by atoms with Crippen LogP contribution in [0.15, 0.2) is 77.6 Å². The number of halogens is 3. The number of fused-ring (bicyclic) bond motifs is 4. The molecule has 3 saturated heterocycles. The number of carboxylic acid groups (broad SMARTS) is 1. The molecule has 18 heteroatoms. The van der Waals surface area contributed by atoms with Crippen molar-refractivity contribution in [2.45, 2.75) is 92.7 Å². The van der Waals surface area contributed by atoms with Gasteiger partial charge in [0.2, 0.25) is 23.6 Å². The van der Waals surface area contributed by atoms with Crippen molar-refractivity contribution in [1.82, 2.24) is 24.7 Å². The molecule has 1 aromatic heterocycles. The summed E-state index contributed by atoms with van der Waals surface area (Å²) in [6, 6.07) is 17.2. The van der Waals surface area contributed by atoms with Gasteiger partial charge in [-0.15, -0.1) is 0 Å². The number of carbonyl (C=O) groups excluding carboxylic acids is 5. The number of nitrogens with zero attached hydrogens (tertiary/aromatic N) is 3. The Kier molecular flexibility index (Phi) is 11.1. The number of amides is 5. The van der Waals surface area contributed by atoms with E-state index in [9.17, 15) is 38.7 Å². The number of carboxylic acids is 1. The van der Waals surface area contributed by atoms with Crippen LogP contribution in [0.2, 0.25) is 10.0 Å². The normalized spacial score (nSPS) is 23.7. The Hall–Kier alpha value is -6.36. The topological polar surface area (TPSA) is 201 Å². The second-order valence-electron chi connectivity index (χ2n) is 18.4. The fourth-order valence-corrected chi connectivity index (χ4v) is 12.2. The van der Waals surface area contributed by atoms with Gasteiger partial charge in [-0.05, 0) is 103 Å². The number of hydrogen-bond acceptors (Lipinski definition) is 8. The molecule has 5 N–H and O–H groups in total. The third-order valence-electron chi connectivity index (χ3n) is 14.9. The highest BCUT2D eigenvalue weighted by Crippen LogP contribution is 2.63. The van der Waals surface area contributed by atoms with Crippen LogP contribution >= 0.6 is 23.2 Å². The second kappa shape index (κ2) is 16.8. The van der Waals surface area contributed by atoms with Crippen LogP contribution in [0.4, 0.5) is 15.8 Å². The van der Waals surface area contributed by atoms with Crippen molar-refractivity contribution in [3.63, 3.8) is 0 Å². The maximum atomic E-state index is 16.4. The fourth-order valence-electron chi connectivity index (χ4n) is 11.9. The van der Waals surface area contributed by atoms with Crippen LogP contribution in [0.25, 0.3) is 11.0 Å². The van der Waals surface area contributed by atoms with E-state index in [1.165, 1.54) is 39.5 Å². The molecule has 10 rings (SSSR count). The van der Waals surface area contributed by atoms with Crippen LogP contribution < -0.4 is 27.0 Å². The van der Waals surface area contributed by atoms with Gasteiger partial charge < -0.3 is 20.6 Å². The number of imidazole rings is 1. The van der Waals surface area contributed by atoms with Gasteiger partial charge in [-0.1, -0.05) is 66.7 Å². The van der Waals surface area contributed by atoms with Crippen molar-refractivity contribution >= 4 is 81.1 Å². The van der Waals surface area contributed by atoms with E-state index in [0.717, 1.165) is 24.8 Å². The molecular formula is C49H46Cl2FN7O8. The first-order valence-electron chi connectivity index (χ1n) is 22.5. The average Bonchev–Trinajstić information content (AvgIpc) is 3.87. The van der Waals surface area contributed by atoms with Gasteiger partial charge in [-0.3, -0.25) is 43.7 Å². The number of anilines is 2. The van der Waals surface area contributed by atoms with Crippen LogP contribution in [0.3, 0.4) is 0 Å². The largest absolute Gasteiger partial charge is 0.478 e. The summed E-state index contributed by atoms with van der Waals surface area (Å²) in [6.07, 6.45) is 4.90. The number of aryl methyl sites for hydroxylation is 1. The first-order valence-corrected chi connectivity index (χ1v) is 23.2. The number of rotatable bonds is 7. The Bertz CT molecular complexity index is 3030. The zero-order valence-electron chi connectivity index (χ0n) is 36.3. The number of imide groups is 1. The van der Waals surface area contributed by atoms with E-state index in [2.05, 4.69) is 21.3 Å². The predicted octanol–water partition coefficient (Wildman–Crippen LogP) is 6.77. The Balaban J connectivity index is 0.903. The fraction of sp³-hybridized carbons (Fsp3) is 0.367. The number of benzene rings is 4. The number of nitrogens with one attached hydrogen (secondary N) is 4. The van der Waals surface area contributed by atoms with Crippen molar-refractivity contribution in [3.8, 4) is 0 Å². The lowest BCUT2D eigenvalue weighted by Crippen LogP contribution is -2.60. The van der Waals surface area contributed by atoms with E-state index in [1.54, 1.807) is 36.2 Å². The number of piperidine rings is 2. The summed E-state index contributed by atoms with van der Waals surface area (Å²) in [4.78, 5) is 95.9. The molecule has 2 spiro atoms. The van der Waals surface area contributed by atoms with Crippen LogP contribution in [0.5, 0.6) is 0 Å². The molecular weight excluding hydrogens is 904 g/mol. The van der Waals surface area contributed by atoms with Crippen molar-refractivity contribution in [2.24, 2.45) is 7.05 Å². The van der Waals surface area contributed by atoms with Crippen LogP contribution in [-0.4, -0.2) is 79.3 Å². The molecule has 5 aliphatic rings. The van der Waals surface area contributed by atoms with Crippen molar-refractivity contribution in [2.75, 3.05) is 23.7 Å². The molecule has 5 heterocycles. The second-order valence-corrected chi connectivity index (χ2v) is 19.2. The Morgan fingerprint density at radius 3 is 2.36 bits per heavy atom. The van der Waals surface area contributed by atoms with Gasteiger partial charge in [0.1, 0.15) is 17.3 Å². The maximum Gasteiger partial charge on any atom is 0.337 e. The number of hydrogen-bond donors (Lipinski definition) is 5. The van der Waals surface area contributed by atoms with Gasteiger partial charge in [-0.2, -0.15) is 0 Å². The van der Waals surface area contributed by atoms with E-state index >= 15 is 4.39 Å². The van der Waals surface area contributed by atoms with E-state index in [0.29, 0.717) is 66.1 Å². The summed E-state index contributed by atoms with van der Waals surface area (Å²) < 4.78 is 19.3. The molecule has 1 saturated carbocycles. The predicted molar refractivity (Wildman–Crippen MR) is 247 cm³/mol. The molecule has 15 nitrogen and oxygen atoms in total. The number of aromatic carboxylic acids is 1. The Morgan fingerprint density at radius 1 is 0.866 bits per heavy atom. The summed E-state index contributed by atoms with van der Waals surface area (Å²) in [7, 11) is 1.64. The van der Waals surface area contributed by atoms with Crippen LogP contribution in [-0.2, 0) is 31.6 Å². The molecule has 4 fully saturated rings. The quantitative estimate of drug-likeness (QED) is 0.109. The third kappa shape index (κ3) is 7.05. The van der Waals surface area contributed by atoms with E-state index in [4.69, 9.17) is 23.2 Å². The third-order valence-corrected chi connectivity index (χ3v) is 15.5. The summed E-state index contributed by atoms with van der Waals surface area (Å²) in [5, 5.41) is 22.3. The van der Waals surface area contributed by atoms with Gasteiger partial charge in [0.05, 0.1) is 33.3 Å². The van der Waals surface area contributed by atoms with Crippen molar-refractivity contribution in [3.05, 3.63) is 127 Å². The maximum absolute atomic E-state index is 16.4. The van der Waals surface area contributed by atoms with Crippen molar-refractivity contribution < 1.29 is 38.3 Å². The van der Waals surface area contributed by atoms with Gasteiger partial charge in [0, 0.05) is 54.3 Å². The van der Waals surface area contributed by atoms with Gasteiger partial charge >= 0.3 is 11.7 Å². The molecule has 4 atom stereocenters.